The van der Waals surface area contributed by atoms with Crippen LogP contribution in [0.25, 0.3) is 0 Å². The van der Waals surface area contributed by atoms with Gasteiger partial charge in [0.2, 0.25) is 0 Å². The topological polar surface area (TPSA) is 23.5 Å². The Kier molecular flexibility index (Phi) is 3.36. The van der Waals surface area contributed by atoms with Gasteiger partial charge in [-0.25, -0.2) is 0 Å². The van der Waals surface area contributed by atoms with E-state index in [2.05, 4.69) is 11.8 Å². The molecule has 0 aromatic heterocycles. The molecule has 1 fully saturated rings. The van der Waals surface area contributed by atoms with Crippen LogP contribution in [0, 0.1) is 0 Å². The number of hydrogen-bond acceptors (Lipinski definition) is 2. The number of likely N-dealkylation sites (tertiary alicyclic amines) is 1. The highest BCUT2D eigenvalue weighted by molar-refractivity contribution is 5.85. The van der Waals surface area contributed by atoms with Crippen LogP contribution < -0.4 is 0 Å². The minimum Gasteiger partial charge on any atom is -0.390 e. The molecule has 0 radical (unpaired) electrons. The van der Waals surface area contributed by atoms with Crippen LogP contribution in [-0.4, -0.2) is 35.7 Å². The lowest BCUT2D eigenvalue weighted by Crippen LogP contribution is -2.50. The van der Waals surface area contributed by atoms with Crippen molar-refractivity contribution in [1.82, 2.24) is 4.90 Å². The Balaban J connectivity index is 0.000000490. The van der Waals surface area contributed by atoms with E-state index >= 15 is 0 Å². The zero-order valence-corrected chi connectivity index (χ0v) is 5.82. The van der Waals surface area contributed by atoms with Crippen molar-refractivity contribution in [2.75, 3.05) is 19.6 Å². The fraction of sp³-hybridized carbons (Fsp3) is 1.00. The van der Waals surface area contributed by atoms with Gasteiger partial charge in [-0.15, -0.1) is 12.4 Å². The Morgan fingerprint density at radius 2 is 2.12 bits per heavy atom. The van der Waals surface area contributed by atoms with Gasteiger partial charge in [-0.05, 0) is 6.54 Å². The average Bonchev–Trinajstić information content (AvgIpc) is 1.58. The molecule has 8 heavy (non-hydrogen) atoms. The van der Waals surface area contributed by atoms with Crippen LogP contribution in [-0.2, 0) is 0 Å². The molecule has 0 bridgehead atoms. The molecule has 50 valence electrons. The first-order valence-corrected chi connectivity index (χ1v) is 2.73. The number of halogens is 1. The van der Waals surface area contributed by atoms with Crippen molar-refractivity contribution in [3.05, 3.63) is 0 Å². The third kappa shape index (κ3) is 1.62. The maximum absolute atomic E-state index is 8.71. The highest BCUT2D eigenvalue weighted by Crippen LogP contribution is 2.04. The standard InChI is InChI=1S/C5H11NO.ClH/c1-2-6-3-5(7)4-6;/h5,7H,2-4H2,1H3;1H. The van der Waals surface area contributed by atoms with Gasteiger partial charge in [-0.2, -0.15) is 0 Å². The highest BCUT2D eigenvalue weighted by atomic mass is 35.5. The summed E-state index contributed by atoms with van der Waals surface area (Å²) in [5.41, 5.74) is 0. The fourth-order valence-corrected chi connectivity index (χ4v) is 0.801. The Morgan fingerprint density at radius 3 is 2.25 bits per heavy atom. The van der Waals surface area contributed by atoms with Gasteiger partial charge in [-0.1, -0.05) is 6.92 Å². The molecule has 1 aliphatic heterocycles. The third-order valence-electron chi connectivity index (χ3n) is 1.39. The first-order chi connectivity index (χ1) is 3.33. The van der Waals surface area contributed by atoms with Gasteiger partial charge in [0.1, 0.15) is 0 Å². The Hall–Kier alpha value is 0.210. The average molecular weight is 138 g/mol. The third-order valence-corrected chi connectivity index (χ3v) is 1.39. The summed E-state index contributed by atoms with van der Waals surface area (Å²) in [6.07, 6.45) is -0.0278. The molecule has 0 unspecified atom stereocenters. The van der Waals surface area contributed by atoms with E-state index in [0.717, 1.165) is 19.6 Å². The number of β-amino-alcohol motifs (C(OH)–C–C–N with tert-alkyl or cyclic N) is 1. The normalized spacial score (nSPS) is 21.8. The van der Waals surface area contributed by atoms with Crippen LogP contribution in [0.15, 0.2) is 0 Å². The molecule has 0 aliphatic carbocycles. The van der Waals surface area contributed by atoms with E-state index in [1.807, 2.05) is 0 Å². The van der Waals surface area contributed by atoms with Crippen LogP contribution >= 0.6 is 12.4 Å². The van der Waals surface area contributed by atoms with Crippen LogP contribution in [0.5, 0.6) is 0 Å². The van der Waals surface area contributed by atoms with Gasteiger partial charge in [0.15, 0.2) is 0 Å². The number of nitrogens with zero attached hydrogens (tertiary/aromatic N) is 1. The van der Waals surface area contributed by atoms with E-state index in [9.17, 15) is 0 Å². The Bertz CT molecular complexity index is 63.4. The van der Waals surface area contributed by atoms with Crippen molar-refractivity contribution in [1.29, 1.82) is 0 Å². The van der Waals surface area contributed by atoms with Crippen LogP contribution in [0.1, 0.15) is 6.92 Å². The van der Waals surface area contributed by atoms with Crippen molar-refractivity contribution < 1.29 is 5.11 Å². The lowest BCUT2D eigenvalue weighted by atomic mass is 10.2. The summed E-state index contributed by atoms with van der Waals surface area (Å²) in [5.74, 6) is 0. The van der Waals surface area contributed by atoms with Crippen molar-refractivity contribution in [3.63, 3.8) is 0 Å². The number of hydrogen-bond donors (Lipinski definition) is 1. The van der Waals surface area contributed by atoms with Crippen molar-refractivity contribution in [2.24, 2.45) is 0 Å². The van der Waals surface area contributed by atoms with Gasteiger partial charge in [0.25, 0.3) is 0 Å². The van der Waals surface area contributed by atoms with Crippen molar-refractivity contribution in [3.8, 4) is 0 Å². The number of aliphatic hydroxyl groups is 1. The van der Waals surface area contributed by atoms with Crippen LogP contribution in [0.2, 0.25) is 0 Å². The summed E-state index contributed by atoms with van der Waals surface area (Å²) in [6, 6.07) is 0. The smallest absolute Gasteiger partial charge is 0.0793 e. The SMILES string of the molecule is CCN1CC(O)C1.Cl. The summed E-state index contributed by atoms with van der Waals surface area (Å²) >= 11 is 0. The number of rotatable bonds is 1. The van der Waals surface area contributed by atoms with E-state index in [-0.39, 0.29) is 18.5 Å². The molecule has 1 saturated heterocycles. The second-order valence-electron chi connectivity index (χ2n) is 2.01. The van der Waals surface area contributed by atoms with E-state index in [0.29, 0.717) is 0 Å². The van der Waals surface area contributed by atoms with Crippen LogP contribution in [0.4, 0.5) is 0 Å². The van der Waals surface area contributed by atoms with Gasteiger partial charge in [0.05, 0.1) is 6.10 Å². The maximum Gasteiger partial charge on any atom is 0.0793 e. The van der Waals surface area contributed by atoms with Gasteiger partial charge < -0.3 is 5.11 Å². The largest absolute Gasteiger partial charge is 0.390 e. The predicted molar refractivity (Wildman–Crippen MR) is 35.4 cm³/mol. The lowest BCUT2D eigenvalue weighted by molar-refractivity contribution is 0.00578. The monoisotopic (exact) mass is 137 g/mol. The Morgan fingerprint density at radius 1 is 1.62 bits per heavy atom. The van der Waals surface area contributed by atoms with Crippen molar-refractivity contribution >= 4 is 12.4 Å². The molecule has 0 aromatic rings. The first kappa shape index (κ1) is 8.21. The molecule has 0 atom stereocenters. The molecule has 0 aromatic carbocycles. The summed E-state index contributed by atoms with van der Waals surface area (Å²) in [5, 5.41) is 8.71. The molecule has 3 heteroatoms. The molecular weight excluding hydrogens is 126 g/mol. The minimum atomic E-state index is -0.0278. The zero-order chi connectivity index (χ0) is 5.28. The molecule has 1 N–H and O–H groups in total. The number of likely N-dealkylation sites (N-methyl/N-ethyl adjacent to an activating group) is 1. The molecule has 0 amide bonds. The number of aliphatic hydroxyl groups excluding tert-OH is 1. The molecule has 1 heterocycles. The van der Waals surface area contributed by atoms with Crippen molar-refractivity contribution in [2.45, 2.75) is 13.0 Å². The fourth-order valence-electron chi connectivity index (χ4n) is 0.801. The first-order valence-electron chi connectivity index (χ1n) is 2.73. The summed E-state index contributed by atoms with van der Waals surface area (Å²) in [4.78, 5) is 2.20. The maximum atomic E-state index is 8.71. The minimum absolute atomic E-state index is 0. The molecule has 0 spiro atoms. The zero-order valence-electron chi connectivity index (χ0n) is 5.00. The summed E-state index contributed by atoms with van der Waals surface area (Å²) in [7, 11) is 0. The predicted octanol–water partition coefficient (Wildman–Crippen LogP) is 0.105. The second kappa shape index (κ2) is 3.28. The van der Waals surface area contributed by atoms with Crippen LogP contribution in [0.3, 0.4) is 0 Å². The molecule has 1 rings (SSSR count). The highest BCUT2D eigenvalue weighted by Gasteiger charge is 2.21. The van der Waals surface area contributed by atoms with Gasteiger partial charge in [-0.3, -0.25) is 4.90 Å². The van der Waals surface area contributed by atoms with Gasteiger partial charge in [0, 0.05) is 13.1 Å². The van der Waals surface area contributed by atoms with E-state index in [1.165, 1.54) is 0 Å². The summed E-state index contributed by atoms with van der Waals surface area (Å²) in [6.45, 7) is 4.95. The van der Waals surface area contributed by atoms with Gasteiger partial charge >= 0.3 is 0 Å². The van der Waals surface area contributed by atoms with E-state index < -0.39 is 0 Å². The molecule has 2 nitrogen and oxygen atoms in total. The molecular formula is C5H12ClNO. The molecule has 0 saturated carbocycles. The molecule has 1 aliphatic rings. The Labute approximate surface area is 55.9 Å². The van der Waals surface area contributed by atoms with E-state index in [1.54, 1.807) is 0 Å². The quantitative estimate of drug-likeness (QED) is 0.555. The second-order valence-corrected chi connectivity index (χ2v) is 2.01. The lowest BCUT2D eigenvalue weighted by Gasteiger charge is -2.34. The van der Waals surface area contributed by atoms with E-state index in [4.69, 9.17) is 5.11 Å². The summed E-state index contributed by atoms with van der Waals surface area (Å²) < 4.78 is 0.